The van der Waals surface area contributed by atoms with Gasteiger partial charge in [0.2, 0.25) is 0 Å². The van der Waals surface area contributed by atoms with Crippen LogP contribution in [0.4, 0.5) is 12.9 Å². The molecular formula is C15H21BF3KO2. The standard InChI is InChI=1S/C15H21BF3O2.K/c1-10-8-11(6-7-12(10)16(17,18)19)20-13-9-14(2,3)21-15(13,4)5;/h6-8,13H,9H2,1-5H3;/q-1;+1. The molecule has 1 aromatic carbocycles. The smallest absolute Gasteiger partial charge is 0.487 e. The molecule has 2 rings (SSSR count). The Bertz CT molecular complexity index is 544. The fourth-order valence-electron chi connectivity index (χ4n) is 2.95. The largest absolute Gasteiger partial charge is 1.00 e. The van der Waals surface area contributed by atoms with Crippen molar-refractivity contribution in [3.8, 4) is 5.75 Å². The van der Waals surface area contributed by atoms with Crippen LogP contribution in [0.15, 0.2) is 18.2 Å². The average Bonchev–Trinajstić information content (AvgIpc) is 2.44. The van der Waals surface area contributed by atoms with E-state index in [-0.39, 0.29) is 68.7 Å². The Kier molecular flexibility index (Phi) is 6.31. The quantitative estimate of drug-likeness (QED) is 0.757. The van der Waals surface area contributed by atoms with E-state index in [1.54, 1.807) is 0 Å². The van der Waals surface area contributed by atoms with Crippen LogP contribution in [0.2, 0.25) is 0 Å². The number of halogens is 3. The maximum Gasteiger partial charge on any atom is 1.00 e. The molecule has 1 atom stereocenters. The third-order valence-corrected chi connectivity index (χ3v) is 3.86. The van der Waals surface area contributed by atoms with Crippen molar-refractivity contribution in [2.45, 2.75) is 58.3 Å². The molecule has 22 heavy (non-hydrogen) atoms. The van der Waals surface area contributed by atoms with E-state index in [1.165, 1.54) is 19.1 Å². The number of aryl methyl sites for hydroxylation is 1. The first kappa shape index (κ1) is 20.5. The molecule has 1 aliphatic rings. The molecule has 1 heterocycles. The summed E-state index contributed by atoms with van der Waals surface area (Å²) in [4.78, 5) is 0. The van der Waals surface area contributed by atoms with Gasteiger partial charge < -0.3 is 22.4 Å². The summed E-state index contributed by atoms with van der Waals surface area (Å²) >= 11 is 0. The van der Waals surface area contributed by atoms with Crippen LogP contribution in [0.3, 0.4) is 0 Å². The molecule has 1 aliphatic heterocycles. The zero-order chi connectivity index (χ0) is 16.1. The van der Waals surface area contributed by atoms with Gasteiger partial charge in [-0.1, -0.05) is 11.6 Å². The van der Waals surface area contributed by atoms with Gasteiger partial charge in [0.1, 0.15) is 17.5 Å². The second-order valence-corrected chi connectivity index (χ2v) is 6.87. The van der Waals surface area contributed by atoms with Gasteiger partial charge in [0.25, 0.3) is 0 Å². The number of hydrogen-bond donors (Lipinski definition) is 0. The van der Waals surface area contributed by atoms with Crippen molar-refractivity contribution in [2.75, 3.05) is 0 Å². The second-order valence-electron chi connectivity index (χ2n) is 6.87. The van der Waals surface area contributed by atoms with Crippen LogP contribution >= 0.6 is 0 Å². The molecule has 0 N–H and O–H groups in total. The predicted molar refractivity (Wildman–Crippen MR) is 78.2 cm³/mol. The van der Waals surface area contributed by atoms with Gasteiger partial charge in [-0.2, -0.15) is 0 Å². The van der Waals surface area contributed by atoms with E-state index in [4.69, 9.17) is 9.47 Å². The summed E-state index contributed by atoms with van der Waals surface area (Å²) in [7, 11) is 0. The summed E-state index contributed by atoms with van der Waals surface area (Å²) in [6, 6.07) is 3.93. The van der Waals surface area contributed by atoms with E-state index in [1.807, 2.05) is 27.7 Å². The van der Waals surface area contributed by atoms with Gasteiger partial charge in [0.15, 0.2) is 0 Å². The van der Waals surface area contributed by atoms with Crippen LogP contribution in [-0.4, -0.2) is 24.3 Å². The normalized spacial score (nSPS) is 23.0. The third-order valence-electron chi connectivity index (χ3n) is 3.86. The molecule has 2 nitrogen and oxygen atoms in total. The molecule has 0 radical (unpaired) electrons. The molecule has 1 aromatic rings. The Hall–Kier alpha value is 0.471. The molecule has 0 aromatic heterocycles. The Morgan fingerprint density at radius 1 is 1.18 bits per heavy atom. The summed E-state index contributed by atoms with van der Waals surface area (Å²) in [5, 5.41) is 0. The van der Waals surface area contributed by atoms with E-state index in [0.717, 1.165) is 6.07 Å². The van der Waals surface area contributed by atoms with Gasteiger partial charge in [-0.05, 0) is 46.8 Å². The fourth-order valence-corrected chi connectivity index (χ4v) is 2.95. The van der Waals surface area contributed by atoms with Crippen LogP contribution < -0.4 is 61.6 Å². The maximum absolute atomic E-state index is 12.8. The Morgan fingerprint density at radius 3 is 2.18 bits per heavy atom. The first-order valence-corrected chi connectivity index (χ1v) is 7.08. The van der Waals surface area contributed by atoms with Crippen molar-refractivity contribution in [2.24, 2.45) is 0 Å². The molecule has 1 unspecified atom stereocenters. The van der Waals surface area contributed by atoms with E-state index >= 15 is 0 Å². The van der Waals surface area contributed by atoms with E-state index in [9.17, 15) is 12.9 Å². The summed E-state index contributed by atoms with van der Waals surface area (Å²) < 4.78 is 50.3. The van der Waals surface area contributed by atoms with Gasteiger partial charge in [0.05, 0.1) is 5.60 Å². The van der Waals surface area contributed by atoms with Gasteiger partial charge in [-0.3, -0.25) is 0 Å². The molecule has 0 aliphatic carbocycles. The molecule has 0 bridgehead atoms. The van der Waals surface area contributed by atoms with Gasteiger partial charge in [-0.15, -0.1) is 5.46 Å². The van der Waals surface area contributed by atoms with Crippen molar-refractivity contribution >= 4 is 12.4 Å². The van der Waals surface area contributed by atoms with Crippen molar-refractivity contribution < 1.29 is 73.8 Å². The molecule has 7 heteroatoms. The Labute approximate surface area is 172 Å². The first-order valence-electron chi connectivity index (χ1n) is 7.08. The van der Waals surface area contributed by atoms with E-state index in [0.29, 0.717) is 12.2 Å². The average molecular weight is 340 g/mol. The maximum atomic E-state index is 12.8. The van der Waals surface area contributed by atoms with Crippen molar-refractivity contribution in [1.82, 2.24) is 0 Å². The fraction of sp³-hybridized carbons (Fsp3) is 0.600. The molecule has 118 valence electrons. The number of benzene rings is 1. The van der Waals surface area contributed by atoms with Crippen LogP contribution in [0.25, 0.3) is 0 Å². The van der Waals surface area contributed by atoms with E-state index < -0.39 is 18.0 Å². The molecule has 1 saturated heterocycles. The number of rotatable bonds is 3. The van der Waals surface area contributed by atoms with Crippen LogP contribution in [0.1, 0.15) is 39.7 Å². The molecular weight excluding hydrogens is 319 g/mol. The Balaban J connectivity index is 0.00000242. The second kappa shape index (κ2) is 6.76. The summed E-state index contributed by atoms with van der Waals surface area (Å²) in [6.45, 7) is 4.32. The van der Waals surface area contributed by atoms with Gasteiger partial charge in [0, 0.05) is 6.42 Å². The van der Waals surface area contributed by atoms with Crippen LogP contribution in [0.5, 0.6) is 5.75 Å². The summed E-state index contributed by atoms with van der Waals surface area (Å²) in [5.41, 5.74) is -1.14. The SMILES string of the molecule is Cc1cc(OC2CC(C)(C)OC2(C)C)ccc1[B-](F)(F)F.[K+]. The zero-order valence-corrected chi connectivity index (χ0v) is 17.2. The molecule has 0 saturated carbocycles. The monoisotopic (exact) mass is 340 g/mol. The zero-order valence-electron chi connectivity index (χ0n) is 14.0. The minimum atomic E-state index is -4.98. The summed E-state index contributed by atoms with van der Waals surface area (Å²) in [5.74, 6) is 0.454. The molecule has 0 spiro atoms. The summed E-state index contributed by atoms with van der Waals surface area (Å²) in [6.07, 6.45) is 0.512. The number of hydrogen-bond acceptors (Lipinski definition) is 2. The topological polar surface area (TPSA) is 18.5 Å². The van der Waals surface area contributed by atoms with Crippen LogP contribution in [-0.2, 0) is 4.74 Å². The first-order chi connectivity index (χ1) is 9.41. The minimum Gasteiger partial charge on any atom is -0.487 e. The van der Waals surface area contributed by atoms with Crippen LogP contribution in [0, 0.1) is 6.92 Å². The van der Waals surface area contributed by atoms with Crippen molar-refractivity contribution in [3.05, 3.63) is 23.8 Å². The van der Waals surface area contributed by atoms with Crippen molar-refractivity contribution in [3.63, 3.8) is 0 Å². The number of ether oxygens (including phenoxy) is 2. The van der Waals surface area contributed by atoms with Crippen molar-refractivity contribution in [1.29, 1.82) is 0 Å². The van der Waals surface area contributed by atoms with Gasteiger partial charge >= 0.3 is 58.4 Å². The van der Waals surface area contributed by atoms with E-state index in [2.05, 4.69) is 0 Å². The predicted octanol–water partition coefficient (Wildman–Crippen LogP) is 0.778. The van der Waals surface area contributed by atoms with Gasteiger partial charge in [-0.25, -0.2) is 0 Å². The minimum absolute atomic E-state index is 0. The molecule has 1 fully saturated rings. The molecule has 0 amide bonds. The third kappa shape index (κ3) is 4.74. The Morgan fingerprint density at radius 2 is 1.77 bits per heavy atom.